The molecule has 0 aromatic heterocycles. The van der Waals surface area contributed by atoms with Crippen molar-refractivity contribution < 1.29 is 23.7 Å². The van der Waals surface area contributed by atoms with Crippen LogP contribution in [0.4, 0.5) is 0 Å². The zero-order valence-electron chi connectivity index (χ0n) is 16.9. The van der Waals surface area contributed by atoms with E-state index in [2.05, 4.69) is 17.0 Å². The molecule has 0 unspecified atom stereocenters. The van der Waals surface area contributed by atoms with E-state index in [4.69, 9.17) is 18.9 Å². The van der Waals surface area contributed by atoms with E-state index in [1.165, 1.54) is 26.0 Å². The Hall–Kier alpha value is -2.83. The average Bonchev–Trinajstić information content (AvgIpc) is 2.77. The largest absolute Gasteiger partial charge is 0.503 e. The van der Waals surface area contributed by atoms with Gasteiger partial charge < -0.3 is 18.9 Å². The third-order valence-electron chi connectivity index (χ3n) is 4.78. The predicted octanol–water partition coefficient (Wildman–Crippen LogP) is 3.26. The van der Waals surface area contributed by atoms with E-state index in [1.54, 1.807) is 0 Å². The monoisotopic (exact) mass is 397 g/mol. The summed E-state index contributed by atoms with van der Waals surface area (Å²) in [6.07, 6.45) is 1.39. The molecule has 1 aliphatic rings. The van der Waals surface area contributed by atoms with Gasteiger partial charge in [0.15, 0.2) is 0 Å². The highest BCUT2D eigenvalue weighted by atomic mass is 16.5. The molecule has 6 heteroatoms. The van der Waals surface area contributed by atoms with Crippen molar-refractivity contribution in [1.29, 1.82) is 0 Å². The maximum Gasteiger partial charge on any atom is 0.341 e. The molecule has 0 spiro atoms. The second-order valence-electron chi connectivity index (χ2n) is 6.74. The Bertz CT molecular complexity index is 825. The Balaban J connectivity index is 1.65. The van der Waals surface area contributed by atoms with E-state index in [0.717, 1.165) is 49.7 Å². The number of morpholine rings is 1. The van der Waals surface area contributed by atoms with E-state index in [-0.39, 0.29) is 0 Å². The molecule has 0 atom stereocenters. The average molecular weight is 397 g/mol. The van der Waals surface area contributed by atoms with Gasteiger partial charge in [-0.3, -0.25) is 4.90 Å². The molecule has 0 bridgehead atoms. The Morgan fingerprint density at radius 2 is 1.79 bits per heavy atom. The van der Waals surface area contributed by atoms with Gasteiger partial charge in [-0.25, -0.2) is 4.79 Å². The maximum atomic E-state index is 12.1. The van der Waals surface area contributed by atoms with Crippen LogP contribution in [0.5, 0.6) is 5.75 Å². The lowest BCUT2D eigenvalue weighted by Crippen LogP contribution is -2.35. The lowest BCUT2D eigenvalue weighted by atomic mass is 10.0. The topological polar surface area (TPSA) is 57.2 Å². The molecule has 1 aliphatic heterocycles. The minimum atomic E-state index is -0.452. The summed E-state index contributed by atoms with van der Waals surface area (Å²) in [6.45, 7) is 4.77. The maximum absolute atomic E-state index is 12.1. The number of nitrogens with zero attached hydrogens (tertiary/aromatic N) is 1. The summed E-state index contributed by atoms with van der Waals surface area (Å²) >= 11 is 0. The third kappa shape index (κ3) is 5.82. The molecule has 0 amide bonds. The summed E-state index contributed by atoms with van der Waals surface area (Å²) in [5.41, 5.74) is 3.20. The molecule has 0 aliphatic carbocycles. The van der Waals surface area contributed by atoms with Gasteiger partial charge in [0, 0.05) is 19.6 Å². The Morgan fingerprint density at radius 1 is 1.07 bits per heavy atom. The summed E-state index contributed by atoms with van der Waals surface area (Å²) in [6, 6.07) is 15.7. The van der Waals surface area contributed by atoms with E-state index >= 15 is 0 Å². The molecule has 1 heterocycles. The predicted molar refractivity (Wildman–Crippen MR) is 110 cm³/mol. The van der Waals surface area contributed by atoms with Crippen molar-refractivity contribution >= 4 is 11.5 Å². The van der Waals surface area contributed by atoms with Crippen LogP contribution < -0.4 is 4.74 Å². The van der Waals surface area contributed by atoms with Crippen LogP contribution in [0.3, 0.4) is 0 Å². The first kappa shape index (κ1) is 20.9. The van der Waals surface area contributed by atoms with Crippen molar-refractivity contribution in [2.24, 2.45) is 0 Å². The van der Waals surface area contributed by atoms with Crippen molar-refractivity contribution in [3.8, 4) is 5.75 Å². The van der Waals surface area contributed by atoms with Crippen molar-refractivity contribution in [2.45, 2.75) is 13.2 Å². The minimum absolute atomic E-state index is 0.330. The summed E-state index contributed by atoms with van der Waals surface area (Å²) in [7, 11) is 2.85. The Kier molecular flexibility index (Phi) is 7.67. The van der Waals surface area contributed by atoms with E-state index in [1.807, 2.05) is 36.4 Å². The lowest BCUT2D eigenvalue weighted by molar-refractivity contribution is -0.133. The van der Waals surface area contributed by atoms with E-state index < -0.39 is 5.97 Å². The van der Waals surface area contributed by atoms with Crippen LogP contribution in [0.1, 0.15) is 16.7 Å². The van der Waals surface area contributed by atoms with Gasteiger partial charge in [-0.1, -0.05) is 36.4 Å². The number of methoxy groups -OCH3 is 2. The molecular formula is C23H27NO5. The van der Waals surface area contributed by atoms with Crippen LogP contribution in [0, 0.1) is 0 Å². The quantitative estimate of drug-likeness (QED) is 0.387. The summed E-state index contributed by atoms with van der Waals surface area (Å²) in [5.74, 6) is 0.327. The van der Waals surface area contributed by atoms with Gasteiger partial charge in [0.2, 0.25) is 0 Å². The zero-order valence-corrected chi connectivity index (χ0v) is 16.9. The Labute approximate surface area is 171 Å². The van der Waals surface area contributed by atoms with Crippen molar-refractivity contribution in [3.05, 3.63) is 71.5 Å². The van der Waals surface area contributed by atoms with E-state index in [9.17, 15) is 4.79 Å². The molecule has 0 saturated carbocycles. The number of benzene rings is 2. The zero-order chi connectivity index (χ0) is 20.5. The highest BCUT2D eigenvalue weighted by molar-refractivity contribution is 6.16. The highest BCUT2D eigenvalue weighted by Crippen LogP contribution is 2.23. The molecule has 29 heavy (non-hydrogen) atoms. The van der Waals surface area contributed by atoms with Crippen LogP contribution in [-0.4, -0.2) is 51.4 Å². The number of carbonyl (C=O) groups is 1. The number of hydrogen-bond acceptors (Lipinski definition) is 6. The summed E-state index contributed by atoms with van der Waals surface area (Å²) < 4.78 is 21.3. The standard InChI is InChI=1S/C23H27NO5/c1-26-17-22(23(25)27-2)21-6-4-3-5-19(21)16-29-20-9-7-18(8-10-20)15-24-11-13-28-14-12-24/h3-10,17H,11-16H2,1-2H3. The minimum Gasteiger partial charge on any atom is -0.503 e. The van der Waals surface area contributed by atoms with Crippen molar-refractivity contribution in [3.63, 3.8) is 0 Å². The van der Waals surface area contributed by atoms with Crippen LogP contribution in [-0.2, 0) is 32.2 Å². The van der Waals surface area contributed by atoms with Crippen LogP contribution in [0.25, 0.3) is 5.57 Å². The number of ether oxygens (including phenoxy) is 4. The normalized spacial score (nSPS) is 15.0. The fourth-order valence-corrected chi connectivity index (χ4v) is 3.23. The number of carbonyl (C=O) groups excluding carboxylic acids is 1. The SMILES string of the molecule is COC=C(C(=O)OC)c1ccccc1COc1ccc(CN2CCOCC2)cc1. The van der Waals surface area contributed by atoms with Gasteiger partial charge in [0.1, 0.15) is 17.9 Å². The fraction of sp³-hybridized carbons (Fsp3) is 0.348. The van der Waals surface area contributed by atoms with Gasteiger partial charge in [-0.2, -0.15) is 0 Å². The summed E-state index contributed by atoms with van der Waals surface area (Å²) in [4.78, 5) is 14.5. The number of hydrogen-bond donors (Lipinski definition) is 0. The molecule has 154 valence electrons. The molecule has 6 nitrogen and oxygen atoms in total. The van der Waals surface area contributed by atoms with E-state index in [0.29, 0.717) is 12.2 Å². The van der Waals surface area contributed by atoms with Crippen molar-refractivity contribution in [2.75, 3.05) is 40.5 Å². The second-order valence-corrected chi connectivity index (χ2v) is 6.74. The first-order valence-electron chi connectivity index (χ1n) is 9.62. The first-order chi connectivity index (χ1) is 14.2. The van der Waals surface area contributed by atoms with Gasteiger partial charge in [0.25, 0.3) is 0 Å². The molecule has 2 aromatic rings. The number of rotatable bonds is 8. The first-order valence-corrected chi connectivity index (χ1v) is 9.62. The molecule has 0 N–H and O–H groups in total. The molecular weight excluding hydrogens is 370 g/mol. The smallest absolute Gasteiger partial charge is 0.341 e. The van der Waals surface area contributed by atoms with Gasteiger partial charge in [0.05, 0.1) is 33.7 Å². The van der Waals surface area contributed by atoms with Gasteiger partial charge in [-0.05, 0) is 28.8 Å². The Morgan fingerprint density at radius 3 is 2.48 bits per heavy atom. The summed E-state index contributed by atoms with van der Waals surface area (Å²) in [5, 5.41) is 0. The second kappa shape index (κ2) is 10.6. The molecule has 2 aromatic carbocycles. The molecule has 0 radical (unpaired) electrons. The molecule has 1 saturated heterocycles. The van der Waals surface area contributed by atoms with Crippen LogP contribution in [0.2, 0.25) is 0 Å². The number of esters is 1. The highest BCUT2D eigenvalue weighted by Gasteiger charge is 2.17. The third-order valence-corrected chi connectivity index (χ3v) is 4.78. The van der Waals surface area contributed by atoms with Gasteiger partial charge >= 0.3 is 5.97 Å². The fourth-order valence-electron chi connectivity index (χ4n) is 3.23. The van der Waals surface area contributed by atoms with Crippen LogP contribution in [0.15, 0.2) is 54.8 Å². The lowest BCUT2D eigenvalue weighted by Gasteiger charge is -2.26. The molecule has 3 rings (SSSR count). The van der Waals surface area contributed by atoms with Crippen LogP contribution >= 0.6 is 0 Å². The molecule has 1 fully saturated rings. The van der Waals surface area contributed by atoms with Crippen molar-refractivity contribution in [1.82, 2.24) is 4.90 Å². The van der Waals surface area contributed by atoms with Gasteiger partial charge in [-0.15, -0.1) is 0 Å².